The molecule has 152 valence electrons. The summed E-state index contributed by atoms with van der Waals surface area (Å²) >= 11 is 0. The van der Waals surface area contributed by atoms with Gasteiger partial charge in [0.05, 0.1) is 0 Å². The maximum Gasteiger partial charge on any atom is 0.329 e. The Labute approximate surface area is 165 Å². The average Bonchev–Trinajstić information content (AvgIpc) is 3.22. The number of carbonyl (C=O) groups is 2. The lowest BCUT2D eigenvalue weighted by Crippen LogP contribution is -2.46. The van der Waals surface area contributed by atoms with E-state index in [2.05, 4.69) is 9.71 Å². The van der Waals surface area contributed by atoms with Gasteiger partial charge in [-0.1, -0.05) is 19.1 Å². The Bertz CT molecular complexity index is 923. The van der Waals surface area contributed by atoms with Crippen LogP contribution in [0.4, 0.5) is 0 Å². The fourth-order valence-corrected chi connectivity index (χ4v) is 4.51. The summed E-state index contributed by atoms with van der Waals surface area (Å²) in [5.41, 5.74) is 0.115. The first-order valence-electron chi connectivity index (χ1n) is 9.33. The number of likely N-dealkylation sites (tertiary alicyclic amines) is 1. The maximum absolute atomic E-state index is 12.6. The molecule has 2 aliphatic rings. The molecule has 0 aliphatic carbocycles. The van der Waals surface area contributed by atoms with E-state index in [-0.39, 0.29) is 28.8 Å². The van der Waals surface area contributed by atoms with Crippen LogP contribution in [0, 0.1) is 0 Å². The molecule has 3 rings (SSSR count). The van der Waals surface area contributed by atoms with Crippen LogP contribution in [0.3, 0.4) is 0 Å². The van der Waals surface area contributed by atoms with Gasteiger partial charge in [-0.3, -0.25) is 4.79 Å². The molecule has 28 heavy (non-hydrogen) atoms. The standard InChI is InChI=1S/C19H25N3O5S/c1-4-19(2,3)20-16(23)12-27-18(24)14-9-7-11-22(14)17-13-8-5-6-10-15(13)28(25,26)21-17/h5-6,8,10,14H,4,7,9,11-12H2,1-3H3,(H,20,23)/t14-/m0/s1. The average molecular weight is 407 g/mol. The summed E-state index contributed by atoms with van der Waals surface area (Å²) in [6.45, 7) is 5.87. The Morgan fingerprint density at radius 1 is 1.32 bits per heavy atom. The highest BCUT2D eigenvalue weighted by Crippen LogP contribution is 2.31. The van der Waals surface area contributed by atoms with Gasteiger partial charge in [0, 0.05) is 17.6 Å². The fraction of sp³-hybridized carbons (Fsp3) is 0.526. The zero-order chi connectivity index (χ0) is 20.5. The van der Waals surface area contributed by atoms with E-state index >= 15 is 0 Å². The van der Waals surface area contributed by atoms with Crippen molar-refractivity contribution in [3.63, 3.8) is 0 Å². The minimum atomic E-state index is -3.76. The Kier molecular flexibility index (Phi) is 5.47. The van der Waals surface area contributed by atoms with Crippen molar-refractivity contribution >= 4 is 27.7 Å². The molecule has 0 spiro atoms. The van der Waals surface area contributed by atoms with Crippen LogP contribution in [0.5, 0.6) is 0 Å². The molecular weight excluding hydrogens is 382 g/mol. The van der Waals surface area contributed by atoms with Crippen molar-refractivity contribution in [1.29, 1.82) is 0 Å². The number of nitrogens with one attached hydrogen (secondary N) is 1. The summed E-state index contributed by atoms with van der Waals surface area (Å²) in [4.78, 5) is 26.4. The van der Waals surface area contributed by atoms with Crippen LogP contribution >= 0.6 is 0 Å². The Balaban J connectivity index is 1.70. The number of amides is 1. The molecule has 0 unspecified atom stereocenters. The van der Waals surface area contributed by atoms with Gasteiger partial charge in [0.15, 0.2) is 12.4 Å². The van der Waals surface area contributed by atoms with Crippen LogP contribution in [0.25, 0.3) is 0 Å². The number of rotatable bonds is 5. The lowest BCUT2D eigenvalue weighted by Gasteiger charge is -2.26. The van der Waals surface area contributed by atoms with Crippen molar-refractivity contribution in [2.24, 2.45) is 4.40 Å². The van der Waals surface area contributed by atoms with Crippen molar-refractivity contribution < 1.29 is 22.7 Å². The predicted molar refractivity (Wildman–Crippen MR) is 103 cm³/mol. The molecule has 1 aromatic rings. The third-order valence-electron chi connectivity index (χ3n) is 5.12. The van der Waals surface area contributed by atoms with E-state index in [0.717, 1.165) is 6.42 Å². The zero-order valence-corrected chi connectivity index (χ0v) is 17.1. The van der Waals surface area contributed by atoms with Crippen LogP contribution in [0.15, 0.2) is 33.6 Å². The first kappa shape index (κ1) is 20.3. The van der Waals surface area contributed by atoms with Gasteiger partial charge in [0.25, 0.3) is 15.9 Å². The second-order valence-corrected chi connectivity index (χ2v) is 9.20. The molecule has 1 N–H and O–H groups in total. The summed E-state index contributed by atoms with van der Waals surface area (Å²) in [6.07, 6.45) is 1.97. The predicted octanol–water partition coefficient (Wildman–Crippen LogP) is 1.45. The van der Waals surface area contributed by atoms with Crippen molar-refractivity contribution in [3.8, 4) is 0 Å². The molecule has 0 aromatic heterocycles. The Morgan fingerprint density at radius 3 is 2.75 bits per heavy atom. The minimum absolute atomic E-state index is 0.144. The van der Waals surface area contributed by atoms with Crippen molar-refractivity contribution in [1.82, 2.24) is 10.2 Å². The highest BCUT2D eigenvalue weighted by molar-refractivity contribution is 7.90. The number of sulfonamides is 1. The van der Waals surface area contributed by atoms with E-state index in [1.165, 1.54) is 6.07 Å². The lowest BCUT2D eigenvalue weighted by atomic mass is 10.0. The zero-order valence-electron chi connectivity index (χ0n) is 16.3. The first-order valence-corrected chi connectivity index (χ1v) is 10.8. The fourth-order valence-electron chi connectivity index (χ4n) is 3.30. The SMILES string of the molecule is CCC(C)(C)NC(=O)COC(=O)[C@@H]1CCCN1C1=NS(=O)(=O)c2ccccc21. The van der Waals surface area contributed by atoms with Crippen molar-refractivity contribution in [2.75, 3.05) is 13.2 Å². The highest BCUT2D eigenvalue weighted by Gasteiger charge is 2.40. The quantitative estimate of drug-likeness (QED) is 0.741. The summed E-state index contributed by atoms with van der Waals surface area (Å²) < 4.78 is 33.7. The van der Waals surface area contributed by atoms with Crippen LogP contribution < -0.4 is 5.32 Å². The van der Waals surface area contributed by atoms with Crippen LogP contribution in [-0.2, 0) is 24.3 Å². The number of hydrogen-bond acceptors (Lipinski definition) is 6. The molecule has 1 amide bonds. The van der Waals surface area contributed by atoms with E-state index in [1.807, 2.05) is 20.8 Å². The van der Waals surface area contributed by atoms with Crippen molar-refractivity contribution in [3.05, 3.63) is 29.8 Å². The Morgan fingerprint density at radius 2 is 2.04 bits per heavy atom. The smallest absolute Gasteiger partial charge is 0.329 e. The number of amidine groups is 1. The largest absolute Gasteiger partial charge is 0.454 e. The summed E-state index contributed by atoms with van der Waals surface area (Å²) in [5, 5.41) is 2.81. The van der Waals surface area contributed by atoms with Gasteiger partial charge in [-0.15, -0.1) is 4.40 Å². The number of benzene rings is 1. The summed E-state index contributed by atoms with van der Waals surface area (Å²) in [5.74, 6) is -0.645. The third kappa shape index (κ3) is 4.04. The number of esters is 1. The second-order valence-electron chi connectivity index (χ2n) is 7.63. The van der Waals surface area contributed by atoms with E-state index in [1.54, 1.807) is 23.1 Å². The van der Waals surface area contributed by atoms with E-state index in [4.69, 9.17) is 4.74 Å². The highest BCUT2D eigenvalue weighted by atomic mass is 32.2. The van der Waals surface area contributed by atoms with Gasteiger partial charge >= 0.3 is 5.97 Å². The van der Waals surface area contributed by atoms with Gasteiger partial charge in [0.2, 0.25) is 0 Å². The van der Waals surface area contributed by atoms with E-state index in [9.17, 15) is 18.0 Å². The monoisotopic (exact) mass is 407 g/mol. The van der Waals surface area contributed by atoms with Crippen molar-refractivity contribution in [2.45, 2.75) is 56.5 Å². The van der Waals surface area contributed by atoms with Gasteiger partial charge in [-0.05, 0) is 45.2 Å². The molecule has 2 aliphatic heterocycles. The molecule has 0 saturated carbocycles. The normalized spacial score (nSPS) is 20.5. The Hall–Kier alpha value is -2.42. The molecule has 8 nitrogen and oxygen atoms in total. The number of ether oxygens (including phenoxy) is 1. The molecule has 0 radical (unpaired) electrons. The van der Waals surface area contributed by atoms with Gasteiger partial charge in [-0.25, -0.2) is 4.79 Å². The van der Waals surface area contributed by atoms with Crippen LogP contribution in [0.1, 0.15) is 45.6 Å². The molecule has 0 bridgehead atoms. The minimum Gasteiger partial charge on any atom is -0.454 e. The van der Waals surface area contributed by atoms with Gasteiger partial charge < -0.3 is 15.0 Å². The van der Waals surface area contributed by atoms with Gasteiger partial charge in [0.1, 0.15) is 10.9 Å². The number of carbonyl (C=O) groups excluding carboxylic acids is 2. The number of fused-ring (bicyclic) bond motifs is 1. The molecule has 1 aromatic carbocycles. The van der Waals surface area contributed by atoms with E-state index < -0.39 is 22.0 Å². The van der Waals surface area contributed by atoms with Crippen LogP contribution in [-0.4, -0.2) is 55.8 Å². The molecule has 1 fully saturated rings. The topological polar surface area (TPSA) is 105 Å². The molecule has 2 heterocycles. The van der Waals surface area contributed by atoms with E-state index in [0.29, 0.717) is 24.9 Å². The molecule has 1 saturated heterocycles. The summed E-state index contributed by atoms with van der Waals surface area (Å²) in [6, 6.07) is 5.90. The second kappa shape index (κ2) is 7.54. The van der Waals surface area contributed by atoms with Crippen LogP contribution in [0.2, 0.25) is 0 Å². The first-order chi connectivity index (χ1) is 13.1. The third-order valence-corrected chi connectivity index (χ3v) is 6.44. The molecular formula is C19H25N3O5S. The number of nitrogens with zero attached hydrogens (tertiary/aromatic N) is 2. The van der Waals surface area contributed by atoms with Gasteiger partial charge in [-0.2, -0.15) is 8.42 Å². The number of hydrogen-bond donors (Lipinski definition) is 1. The lowest BCUT2D eigenvalue weighted by molar-refractivity contribution is -0.152. The maximum atomic E-state index is 12.6. The summed E-state index contributed by atoms with van der Waals surface area (Å²) in [7, 11) is -3.76. The molecule has 1 atom stereocenters. The molecule has 9 heteroatoms.